The lowest BCUT2D eigenvalue weighted by molar-refractivity contribution is 0.0734. The third-order valence-corrected chi connectivity index (χ3v) is 7.62. The van der Waals surface area contributed by atoms with Crippen LogP contribution in [0, 0.1) is 11.3 Å². The average molecular weight is 461 g/mol. The van der Waals surface area contributed by atoms with Gasteiger partial charge in [-0.25, -0.2) is 13.2 Å². The van der Waals surface area contributed by atoms with E-state index in [0.717, 1.165) is 36.8 Å². The molecule has 4 rings (SSSR count). The zero-order chi connectivity index (χ0) is 23.3. The normalized spacial score (nSPS) is 14.8. The van der Waals surface area contributed by atoms with Crippen molar-refractivity contribution in [2.24, 2.45) is 0 Å². The first-order valence-electron chi connectivity index (χ1n) is 10.9. The highest BCUT2D eigenvalue weighted by Gasteiger charge is 2.25. The van der Waals surface area contributed by atoms with Crippen LogP contribution in [0.5, 0.6) is 5.75 Å². The molecule has 33 heavy (non-hydrogen) atoms. The number of hydrogen-bond donors (Lipinski definition) is 0. The molecule has 0 aromatic heterocycles. The molecular formula is C26H24N2O4S. The van der Waals surface area contributed by atoms with Crippen LogP contribution in [0.15, 0.2) is 77.7 Å². The van der Waals surface area contributed by atoms with Gasteiger partial charge < -0.3 is 4.74 Å². The van der Waals surface area contributed by atoms with E-state index in [1.807, 2.05) is 24.3 Å². The fraction of sp³-hybridized carbons (Fsp3) is 0.231. The van der Waals surface area contributed by atoms with Crippen molar-refractivity contribution in [2.45, 2.75) is 30.6 Å². The van der Waals surface area contributed by atoms with Crippen LogP contribution in [0.25, 0.3) is 11.1 Å². The largest absolute Gasteiger partial charge is 0.423 e. The Kier molecular flexibility index (Phi) is 6.87. The van der Waals surface area contributed by atoms with Crippen molar-refractivity contribution in [3.63, 3.8) is 0 Å². The number of sulfonamides is 1. The zero-order valence-electron chi connectivity index (χ0n) is 18.1. The molecule has 168 valence electrons. The van der Waals surface area contributed by atoms with Crippen molar-refractivity contribution in [1.82, 2.24) is 4.31 Å². The van der Waals surface area contributed by atoms with E-state index in [1.165, 1.54) is 28.6 Å². The van der Waals surface area contributed by atoms with Gasteiger partial charge in [0, 0.05) is 13.1 Å². The summed E-state index contributed by atoms with van der Waals surface area (Å²) in [6.45, 7) is 1.06. The summed E-state index contributed by atoms with van der Waals surface area (Å²) in [5.74, 6) is -0.168. The third kappa shape index (κ3) is 5.30. The molecule has 0 N–H and O–H groups in total. The van der Waals surface area contributed by atoms with Crippen molar-refractivity contribution in [1.29, 1.82) is 5.26 Å². The molecule has 1 fully saturated rings. The highest BCUT2D eigenvalue weighted by Crippen LogP contribution is 2.24. The van der Waals surface area contributed by atoms with Gasteiger partial charge in [0.1, 0.15) is 5.75 Å². The summed E-state index contributed by atoms with van der Waals surface area (Å²) in [5, 5.41) is 8.91. The predicted molar refractivity (Wildman–Crippen MR) is 125 cm³/mol. The number of benzene rings is 3. The van der Waals surface area contributed by atoms with Gasteiger partial charge in [0.25, 0.3) is 0 Å². The molecule has 0 radical (unpaired) electrons. The van der Waals surface area contributed by atoms with Crippen LogP contribution in [0.1, 0.15) is 41.6 Å². The summed E-state index contributed by atoms with van der Waals surface area (Å²) in [5.41, 5.74) is 2.76. The lowest BCUT2D eigenvalue weighted by atomic mass is 10.0. The monoisotopic (exact) mass is 460 g/mol. The first-order valence-corrected chi connectivity index (χ1v) is 12.3. The van der Waals surface area contributed by atoms with E-state index >= 15 is 0 Å². The minimum atomic E-state index is -3.56. The number of nitrogens with zero attached hydrogens (tertiary/aromatic N) is 2. The highest BCUT2D eigenvalue weighted by atomic mass is 32.2. The van der Waals surface area contributed by atoms with E-state index in [9.17, 15) is 13.2 Å². The molecule has 0 bridgehead atoms. The SMILES string of the molecule is N#Cc1ccc(-c2ccc(OC(=O)c3ccc(S(=O)(=O)N4CCCCCC4)cc3)cc2)cc1. The molecule has 3 aromatic rings. The average Bonchev–Trinajstić information content (AvgIpc) is 3.15. The Hall–Kier alpha value is -3.47. The number of esters is 1. The van der Waals surface area contributed by atoms with E-state index in [0.29, 0.717) is 24.4 Å². The summed E-state index contributed by atoms with van der Waals surface area (Å²) in [6, 6.07) is 22.3. The second-order valence-electron chi connectivity index (χ2n) is 7.95. The molecule has 1 saturated heterocycles. The van der Waals surface area contributed by atoms with Crippen LogP contribution < -0.4 is 4.74 Å². The number of nitriles is 1. The Morgan fingerprint density at radius 2 is 1.33 bits per heavy atom. The van der Waals surface area contributed by atoms with E-state index in [2.05, 4.69) is 6.07 Å². The molecule has 1 aliphatic heterocycles. The molecule has 0 atom stereocenters. The fourth-order valence-corrected chi connectivity index (χ4v) is 5.33. The first kappa shape index (κ1) is 22.7. The lowest BCUT2D eigenvalue weighted by Crippen LogP contribution is -2.31. The summed E-state index contributed by atoms with van der Waals surface area (Å²) < 4.78 is 32.8. The third-order valence-electron chi connectivity index (χ3n) is 5.71. The second kappa shape index (κ2) is 9.99. The van der Waals surface area contributed by atoms with E-state index in [1.54, 1.807) is 24.3 Å². The van der Waals surface area contributed by atoms with E-state index in [4.69, 9.17) is 10.00 Å². The zero-order valence-corrected chi connectivity index (χ0v) is 18.9. The molecule has 0 spiro atoms. The van der Waals surface area contributed by atoms with Gasteiger partial charge in [0.15, 0.2) is 0 Å². The Morgan fingerprint density at radius 3 is 1.88 bits per heavy atom. The molecule has 0 aliphatic carbocycles. The van der Waals surface area contributed by atoms with Gasteiger partial charge in [-0.3, -0.25) is 0 Å². The molecular weight excluding hydrogens is 436 g/mol. The predicted octanol–water partition coefficient (Wildman–Crippen LogP) is 5.01. The number of ether oxygens (including phenoxy) is 1. The maximum Gasteiger partial charge on any atom is 0.343 e. The van der Waals surface area contributed by atoms with Gasteiger partial charge in [-0.1, -0.05) is 37.1 Å². The smallest absolute Gasteiger partial charge is 0.343 e. The Morgan fingerprint density at radius 1 is 0.788 bits per heavy atom. The van der Waals surface area contributed by atoms with Crippen LogP contribution in [0.2, 0.25) is 0 Å². The van der Waals surface area contributed by atoms with E-state index in [-0.39, 0.29) is 10.5 Å². The number of carbonyl (C=O) groups is 1. The van der Waals surface area contributed by atoms with Gasteiger partial charge in [-0.2, -0.15) is 9.57 Å². The topological polar surface area (TPSA) is 87.5 Å². The quantitative estimate of drug-likeness (QED) is 0.395. The molecule has 0 unspecified atom stereocenters. The summed E-state index contributed by atoms with van der Waals surface area (Å²) in [7, 11) is -3.56. The molecule has 1 aliphatic rings. The van der Waals surface area contributed by atoms with Crippen molar-refractivity contribution in [2.75, 3.05) is 13.1 Å². The maximum atomic E-state index is 12.9. The van der Waals surface area contributed by atoms with Gasteiger partial charge in [-0.05, 0) is 72.5 Å². The van der Waals surface area contributed by atoms with Crippen molar-refractivity contribution in [3.05, 3.63) is 83.9 Å². The van der Waals surface area contributed by atoms with Crippen LogP contribution in [-0.4, -0.2) is 31.8 Å². The molecule has 6 nitrogen and oxygen atoms in total. The molecule has 0 amide bonds. The highest BCUT2D eigenvalue weighted by molar-refractivity contribution is 7.89. The van der Waals surface area contributed by atoms with Crippen molar-refractivity contribution < 1.29 is 17.9 Å². The number of carbonyl (C=O) groups excluding carboxylic acids is 1. The summed E-state index contributed by atoms with van der Waals surface area (Å²) >= 11 is 0. The van der Waals surface area contributed by atoms with Crippen molar-refractivity contribution >= 4 is 16.0 Å². The number of rotatable bonds is 5. The van der Waals surface area contributed by atoms with Gasteiger partial charge in [-0.15, -0.1) is 0 Å². The Bertz CT molecular complexity index is 1250. The minimum absolute atomic E-state index is 0.188. The summed E-state index contributed by atoms with van der Waals surface area (Å²) in [6.07, 6.45) is 3.83. The van der Waals surface area contributed by atoms with Crippen molar-refractivity contribution in [3.8, 4) is 22.9 Å². The number of hydrogen-bond acceptors (Lipinski definition) is 5. The Balaban J connectivity index is 1.42. The molecule has 3 aromatic carbocycles. The van der Waals surface area contributed by atoms with Gasteiger partial charge >= 0.3 is 5.97 Å². The fourth-order valence-electron chi connectivity index (χ4n) is 3.81. The Labute approximate surface area is 194 Å². The van der Waals surface area contributed by atoms with Gasteiger partial charge in [0.2, 0.25) is 10.0 Å². The molecule has 1 heterocycles. The van der Waals surface area contributed by atoms with Crippen LogP contribution in [-0.2, 0) is 10.0 Å². The maximum absolute atomic E-state index is 12.9. The van der Waals surface area contributed by atoms with Gasteiger partial charge in [0.05, 0.1) is 22.1 Å². The van der Waals surface area contributed by atoms with Crippen LogP contribution in [0.3, 0.4) is 0 Å². The second-order valence-corrected chi connectivity index (χ2v) is 9.88. The van der Waals surface area contributed by atoms with Crippen LogP contribution in [0.4, 0.5) is 0 Å². The van der Waals surface area contributed by atoms with Crippen LogP contribution >= 0.6 is 0 Å². The lowest BCUT2D eigenvalue weighted by Gasteiger charge is -2.20. The minimum Gasteiger partial charge on any atom is -0.423 e. The molecule has 7 heteroatoms. The van der Waals surface area contributed by atoms with E-state index < -0.39 is 16.0 Å². The summed E-state index contributed by atoms with van der Waals surface area (Å²) in [4.78, 5) is 12.7. The standard InChI is InChI=1S/C26H24N2O4S/c27-19-20-5-7-21(8-6-20)22-9-13-24(14-10-22)32-26(29)23-11-15-25(16-12-23)33(30,31)28-17-3-1-2-4-18-28/h5-16H,1-4,17-18H2. The first-order chi connectivity index (χ1) is 16.0. The molecule has 0 saturated carbocycles.